The van der Waals surface area contributed by atoms with Gasteiger partial charge in [0, 0.05) is 29.8 Å². The standard InChI is InChI=1S/C20H15F3N6O2S/c21-20(22,23)14-3-1-4-17(11-14)32(30,31)28-16-7-5-15(6-8-16)27-18-12-19(25-13-24-18)29-10-2-9-26-29/h1-13,28H,(H,24,25,27). The summed E-state index contributed by atoms with van der Waals surface area (Å²) in [6, 6.07) is 13.1. The lowest BCUT2D eigenvalue weighted by Crippen LogP contribution is -2.14. The van der Waals surface area contributed by atoms with Crippen LogP contribution in [-0.4, -0.2) is 28.2 Å². The van der Waals surface area contributed by atoms with Crippen LogP contribution in [-0.2, 0) is 16.2 Å². The van der Waals surface area contributed by atoms with Gasteiger partial charge in [0.05, 0.1) is 10.5 Å². The Hall–Kier alpha value is -3.93. The van der Waals surface area contributed by atoms with Gasteiger partial charge >= 0.3 is 6.18 Å². The molecule has 0 radical (unpaired) electrons. The molecule has 2 N–H and O–H groups in total. The Kier molecular flexibility index (Phi) is 5.53. The van der Waals surface area contributed by atoms with Crippen molar-refractivity contribution in [3.63, 3.8) is 0 Å². The van der Waals surface area contributed by atoms with Crippen LogP contribution in [0.5, 0.6) is 0 Å². The van der Waals surface area contributed by atoms with Gasteiger partial charge in [0.1, 0.15) is 12.1 Å². The molecular formula is C20H15F3N6O2S. The lowest BCUT2D eigenvalue weighted by Gasteiger charge is -2.12. The molecule has 0 fully saturated rings. The van der Waals surface area contributed by atoms with Gasteiger partial charge in [-0.15, -0.1) is 0 Å². The van der Waals surface area contributed by atoms with Crippen LogP contribution in [0.2, 0.25) is 0 Å². The maximum Gasteiger partial charge on any atom is 0.416 e. The number of rotatable bonds is 6. The van der Waals surface area contributed by atoms with Crippen LogP contribution in [0.1, 0.15) is 5.56 Å². The van der Waals surface area contributed by atoms with Gasteiger partial charge in [-0.3, -0.25) is 4.72 Å². The van der Waals surface area contributed by atoms with Gasteiger partial charge in [-0.2, -0.15) is 18.3 Å². The van der Waals surface area contributed by atoms with Gasteiger partial charge < -0.3 is 5.32 Å². The summed E-state index contributed by atoms with van der Waals surface area (Å²) in [7, 11) is -4.20. The third kappa shape index (κ3) is 4.86. The molecule has 2 aromatic carbocycles. The Bertz CT molecular complexity index is 1320. The molecule has 0 bridgehead atoms. The fraction of sp³-hybridized carbons (Fsp3) is 0.0500. The zero-order chi connectivity index (χ0) is 22.8. The van der Waals surface area contributed by atoms with Crippen molar-refractivity contribution in [3.05, 3.63) is 84.9 Å². The zero-order valence-electron chi connectivity index (χ0n) is 16.2. The summed E-state index contributed by atoms with van der Waals surface area (Å²) in [6.45, 7) is 0. The lowest BCUT2D eigenvalue weighted by molar-refractivity contribution is -0.137. The van der Waals surface area contributed by atoms with Gasteiger partial charge in [0.2, 0.25) is 0 Å². The smallest absolute Gasteiger partial charge is 0.340 e. The first-order chi connectivity index (χ1) is 15.2. The molecule has 0 amide bonds. The molecule has 0 spiro atoms. The van der Waals surface area contributed by atoms with Crippen molar-refractivity contribution in [2.45, 2.75) is 11.1 Å². The summed E-state index contributed by atoms with van der Waals surface area (Å²) in [5.41, 5.74) is -0.246. The highest BCUT2D eigenvalue weighted by Gasteiger charge is 2.31. The second-order valence-corrected chi connectivity index (χ2v) is 8.23. The monoisotopic (exact) mass is 460 g/mol. The number of anilines is 3. The fourth-order valence-electron chi connectivity index (χ4n) is 2.77. The molecule has 0 aliphatic rings. The number of aromatic nitrogens is 4. The van der Waals surface area contributed by atoms with Crippen LogP contribution in [0, 0.1) is 0 Å². The van der Waals surface area contributed by atoms with E-state index < -0.39 is 26.7 Å². The maximum atomic E-state index is 12.9. The van der Waals surface area contributed by atoms with Gasteiger partial charge in [-0.25, -0.2) is 23.1 Å². The number of alkyl halides is 3. The second kappa shape index (κ2) is 8.30. The molecule has 0 unspecified atom stereocenters. The van der Waals surface area contributed by atoms with Crippen molar-refractivity contribution in [1.29, 1.82) is 0 Å². The molecule has 0 saturated heterocycles. The molecule has 0 saturated carbocycles. The highest BCUT2D eigenvalue weighted by Crippen LogP contribution is 2.31. The molecule has 164 valence electrons. The average molecular weight is 460 g/mol. The highest BCUT2D eigenvalue weighted by atomic mass is 32.2. The summed E-state index contributed by atoms with van der Waals surface area (Å²) >= 11 is 0. The SMILES string of the molecule is O=S(=O)(Nc1ccc(Nc2cc(-n3cccn3)ncn2)cc1)c1cccc(C(F)(F)F)c1. The van der Waals surface area contributed by atoms with E-state index in [0.29, 0.717) is 23.4 Å². The molecule has 0 atom stereocenters. The van der Waals surface area contributed by atoms with Crippen LogP contribution in [0.3, 0.4) is 0 Å². The Morgan fingerprint density at radius 2 is 1.66 bits per heavy atom. The number of sulfonamides is 1. The minimum atomic E-state index is -4.64. The Balaban J connectivity index is 1.48. The van der Waals surface area contributed by atoms with E-state index in [9.17, 15) is 21.6 Å². The quantitative estimate of drug-likeness (QED) is 0.447. The Morgan fingerprint density at radius 3 is 2.34 bits per heavy atom. The van der Waals surface area contributed by atoms with E-state index >= 15 is 0 Å². The molecule has 4 aromatic rings. The van der Waals surface area contributed by atoms with E-state index in [-0.39, 0.29) is 5.69 Å². The van der Waals surface area contributed by atoms with Crippen molar-refractivity contribution in [3.8, 4) is 5.82 Å². The van der Waals surface area contributed by atoms with E-state index in [1.807, 2.05) is 0 Å². The lowest BCUT2D eigenvalue weighted by atomic mass is 10.2. The first kappa shape index (κ1) is 21.3. The first-order valence-corrected chi connectivity index (χ1v) is 10.6. The summed E-state index contributed by atoms with van der Waals surface area (Å²) in [6.07, 6.45) is 0.0831. The first-order valence-electron chi connectivity index (χ1n) is 9.10. The molecule has 2 aromatic heterocycles. The third-order valence-corrected chi connectivity index (χ3v) is 5.65. The average Bonchev–Trinajstić information content (AvgIpc) is 3.30. The number of nitrogens with zero attached hydrogens (tertiary/aromatic N) is 4. The zero-order valence-corrected chi connectivity index (χ0v) is 17.0. The van der Waals surface area contributed by atoms with E-state index in [4.69, 9.17) is 0 Å². The van der Waals surface area contributed by atoms with Crippen molar-refractivity contribution < 1.29 is 21.6 Å². The minimum absolute atomic E-state index is 0.188. The normalized spacial score (nSPS) is 11.8. The third-order valence-electron chi connectivity index (χ3n) is 4.27. The van der Waals surface area contributed by atoms with Crippen LogP contribution >= 0.6 is 0 Å². The summed E-state index contributed by atoms with van der Waals surface area (Å²) in [5.74, 6) is 1.04. The number of halogens is 3. The fourth-order valence-corrected chi connectivity index (χ4v) is 3.87. The molecule has 2 heterocycles. The summed E-state index contributed by atoms with van der Waals surface area (Å²) in [4.78, 5) is 7.77. The van der Waals surface area contributed by atoms with Crippen molar-refractivity contribution in [2.75, 3.05) is 10.0 Å². The van der Waals surface area contributed by atoms with Gasteiger partial charge in [0.15, 0.2) is 5.82 Å². The van der Waals surface area contributed by atoms with Crippen LogP contribution in [0.15, 0.2) is 84.3 Å². The van der Waals surface area contributed by atoms with Gasteiger partial charge in [-0.1, -0.05) is 6.07 Å². The predicted molar refractivity (Wildman–Crippen MR) is 111 cm³/mol. The summed E-state index contributed by atoms with van der Waals surface area (Å²) in [5, 5.41) is 7.15. The van der Waals surface area contributed by atoms with Crippen LogP contribution < -0.4 is 10.0 Å². The van der Waals surface area contributed by atoms with E-state index in [2.05, 4.69) is 25.1 Å². The highest BCUT2D eigenvalue weighted by molar-refractivity contribution is 7.92. The molecule has 0 aliphatic heterocycles. The maximum absolute atomic E-state index is 12.9. The molecule has 0 aliphatic carbocycles. The van der Waals surface area contributed by atoms with E-state index in [1.54, 1.807) is 41.3 Å². The Morgan fingerprint density at radius 1 is 0.906 bits per heavy atom. The van der Waals surface area contributed by atoms with Crippen molar-refractivity contribution in [2.24, 2.45) is 0 Å². The number of benzene rings is 2. The van der Waals surface area contributed by atoms with Crippen LogP contribution in [0.25, 0.3) is 5.82 Å². The minimum Gasteiger partial charge on any atom is -0.340 e. The molecule has 8 nitrogen and oxygen atoms in total. The number of hydrogen-bond acceptors (Lipinski definition) is 6. The molecule has 4 rings (SSSR count). The molecular weight excluding hydrogens is 445 g/mol. The largest absolute Gasteiger partial charge is 0.416 e. The number of hydrogen-bond donors (Lipinski definition) is 2. The van der Waals surface area contributed by atoms with Crippen molar-refractivity contribution in [1.82, 2.24) is 19.7 Å². The number of nitrogens with one attached hydrogen (secondary N) is 2. The van der Waals surface area contributed by atoms with Crippen LogP contribution in [0.4, 0.5) is 30.4 Å². The molecule has 32 heavy (non-hydrogen) atoms. The van der Waals surface area contributed by atoms with Gasteiger partial charge in [0.25, 0.3) is 10.0 Å². The van der Waals surface area contributed by atoms with Gasteiger partial charge in [-0.05, 0) is 48.5 Å². The molecule has 12 heteroatoms. The second-order valence-electron chi connectivity index (χ2n) is 6.55. The van der Waals surface area contributed by atoms with E-state index in [0.717, 1.165) is 18.2 Å². The van der Waals surface area contributed by atoms with E-state index in [1.165, 1.54) is 18.5 Å². The Labute approximate surface area is 180 Å². The van der Waals surface area contributed by atoms with Crippen molar-refractivity contribution >= 4 is 27.2 Å². The summed E-state index contributed by atoms with van der Waals surface area (Å²) < 4.78 is 67.4. The predicted octanol–water partition coefficient (Wildman–Crippen LogP) is 4.23. The topological polar surface area (TPSA) is 102 Å².